The number of hydrogen-bond acceptors (Lipinski definition) is 6. The fraction of sp³-hybridized carbons (Fsp3) is 0.105. The highest BCUT2D eigenvalue weighted by molar-refractivity contribution is 6.32. The van der Waals surface area contributed by atoms with Gasteiger partial charge in [0.1, 0.15) is 17.4 Å². The van der Waals surface area contributed by atoms with Crippen molar-refractivity contribution in [3.63, 3.8) is 0 Å². The van der Waals surface area contributed by atoms with Crippen LogP contribution in [0.15, 0.2) is 53.5 Å². The van der Waals surface area contributed by atoms with Gasteiger partial charge < -0.3 is 15.8 Å². The Morgan fingerprint density at radius 2 is 2.11 bits per heavy atom. The molecule has 0 radical (unpaired) electrons. The highest BCUT2D eigenvalue weighted by atomic mass is 16.4. The van der Waals surface area contributed by atoms with E-state index in [1.54, 1.807) is 6.08 Å². The topological polar surface area (TPSA) is 146 Å². The van der Waals surface area contributed by atoms with Gasteiger partial charge in [0.2, 0.25) is 0 Å². The SMILES string of the molecule is NC(Cc1c(C=C2C(=O)NN=C2c2cnccn2)[nH]c2ccccc12)C(=O)O. The Hall–Kier alpha value is -3.85. The molecule has 1 aromatic carbocycles. The van der Waals surface area contributed by atoms with E-state index in [4.69, 9.17) is 5.73 Å². The molecule has 4 rings (SSSR count). The van der Waals surface area contributed by atoms with E-state index in [1.807, 2.05) is 24.3 Å². The fourth-order valence-corrected chi connectivity index (χ4v) is 3.10. The van der Waals surface area contributed by atoms with Crippen LogP contribution in [0.25, 0.3) is 17.0 Å². The highest BCUT2D eigenvalue weighted by Crippen LogP contribution is 2.27. The minimum absolute atomic E-state index is 0.109. The number of hydrogen-bond donors (Lipinski definition) is 4. The van der Waals surface area contributed by atoms with Gasteiger partial charge >= 0.3 is 5.97 Å². The summed E-state index contributed by atoms with van der Waals surface area (Å²) < 4.78 is 0. The Labute approximate surface area is 159 Å². The van der Waals surface area contributed by atoms with Crippen molar-refractivity contribution >= 4 is 34.6 Å². The van der Waals surface area contributed by atoms with Crippen LogP contribution in [0.3, 0.4) is 0 Å². The van der Waals surface area contributed by atoms with Crippen molar-refractivity contribution in [1.29, 1.82) is 0 Å². The summed E-state index contributed by atoms with van der Waals surface area (Å²) in [6.07, 6.45) is 6.30. The zero-order chi connectivity index (χ0) is 19.7. The van der Waals surface area contributed by atoms with Crippen molar-refractivity contribution in [2.24, 2.45) is 10.8 Å². The Bertz CT molecular complexity index is 1130. The summed E-state index contributed by atoms with van der Waals surface area (Å²) in [6, 6.07) is 6.41. The lowest BCUT2D eigenvalue weighted by molar-refractivity contribution is -0.138. The molecule has 9 heteroatoms. The van der Waals surface area contributed by atoms with Crippen molar-refractivity contribution < 1.29 is 14.7 Å². The second-order valence-corrected chi connectivity index (χ2v) is 6.26. The number of para-hydroxylation sites is 1. The molecule has 1 amide bonds. The molecular weight excluding hydrogens is 360 g/mol. The Kier molecular flexibility index (Phi) is 4.42. The van der Waals surface area contributed by atoms with E-state index in [9.17, 15) is 14.7 Å². The smallest absolute Gasteiger partial charge is 0.320 e. The van der Waals surface area contributed by atoms with Gasteiger partial charge in [0.25, 0.3) is 5.91 Å². The van der Waals surface area contributed by atoms with Crippen LogP contribution in [-0.4, -0.2) is 43.7 Å². The van der Waals surface area contributed by atoms with Crippen molar-refractivity contribution in [1.82, 2.24) is 20.4 Å². The van der Waals surface area contributed by atoms with Gasteiger partial charge in [-0.1, -0.05) is 18.2 Å². The number of nitrogens with one attached hydrogen (secondary N) is 2. The molecule has 1 aliphatic heterocycles. The third-order valence-corrected chi connectivity index (χ3v) is 4.45. The minimum atomic E-state index is -1.09. The first-order chi connectivity index (χ1) is 13.5. The molecule has 2 aromatic heterocycles. The van der Waals surface area contributed by atoms with Crippen molar-refractivity contribution in [3.8, 4) is 0 Å². The number of aromatic amines is 1. The maximum absolute atomic E-state index is 12.3. The van der Waals surface area contributed by atoms with Crippen LogP contribution in [0.5, 0.6) is 0 Å². The maximum atomic E-state index is 12.3. The predicted molar refractivity (Wildman–Crippen MR) is 102 cm³/mol. The Balaban J connectivity index is 1.83. The molecule has 0 saturated heterocycles. The average molecular weight is 376 g/mol. The quantitative estimate of drug-likeness (QED) is 0.485. The predicted octanol–water partition coefficient (Wildman–Crippen LogP) is 0.830. The molecular formula is C19H16N6O3. The van der Waals surface area contributed by atoms with Crippen molar-refractivity contribution in [2.75, 3.05) is 0 Å². The molecule has 0 aliphatic carbocycles. The third-order valence-electron chi connectivity index (χ3n) is 4.45. The van der Waals surface area contributed by atoms with Crippen LogP contribution in [0.4, 0.5) is 0 Å². The Morgan fingerprint density at radius 3 is 2.86 bits per heavy atom. The molecule has 1 aliphatic rings. The molecule has 0 bridgehead atoms. The summed E-state index contributed by atoms with van der Waals surface area (Å²) in [4.78, 5) is 35.0. The van der Waals surface area contributed by atoms with E-state index in [2.05, 4.69) is 25.5 Å². The molecule has 9 nitrogen and oxygen atoms in total. The van der Waals surface area contributed by atoms with E-state index in [0.29, 0.717) is 22.7 Å². The summed E-state index contributed by atoms with van der Waals surface area (Å²) in [5, 5.41) is 14.1. The van der Waals surface area contributed by atoms with E-state index >= 15 is 0 Å². The number of nitrogens with two attached hydrogens (primary N) is 1. The molecule has 140 valence electrons. The lowest BCUT2D eigenvalue weighted by Crippen LogP contribution is -2.32. The number of rotatable bonds is 5. The number of carboxylic acid groups (broad SMARTS) is 1. The number of nitrogens with zero attached hydrogens (tertiary/aromatic N) is 3. The molecule has 0 spiro atoms. The van der Waals surface area contributed by atoms with Crippen LogP contribution >= 0.6 is 0 Å². The maximum Gasteiger partial charge on any atom is 0.320 e. The van der Waals surface area contributed by atoms with Gasteiger partial charge in [-0.05, 0) is 17.7 Å². The molecule has 5 N–H and O–H groups in total. The van der Waals surface area contributed by atoms with Gasteiger partial charge in [-0.25, -0.2) is 5.43 Å². The number of aliphatic carboxylic acids is 1. The average Bonchev–Trinajstić information content (AvgIpc) is 3.23. The lowest BCUT2D eigenvalue weighted by atomic mass is 10.00. The number of fused-ring (bicyclic) bond motifs is 1. The first kappa shape index (κ1) is 17.6. The minimum Gasteiger partial charge on any atom is -0.480 e. The second-order valence-electron chi connectivity index (χ2n) is 6.26. The largest absolute Gasteiger partial charge is 0.480 e. The summed E-state index contributed by atoms with van der Waals surface area (Å²) in [7, 11) is 0. The molecule has 3 aromatic rings. The van der Waals surface area contributed by atoms with Crippen LogP contribution < -0.4 is 11.2 Å². The first-order valence-corrected chi connectivity index (χ1v) is 8.49. The number of carbonyl (C=O) groups is 2. The molecule has 28 heavy (non-hydrogen) atoms. The number of hydrazone groups is 1. The molecule has 0 fully saturated rings. The van der Waals surface area contributed by atoms with Gasteiger partial charge in [0, 0.05) is 35.4 Å². The molecule has 0 saturated carbocycles. The van der Waals surface area contributed by atoms with Gasteiger partial charge in [0.15, 0.2) is 0 Å². The first-order valence-electron chi connectivity index (χ1n) is 8.49. The lowest BCUT2D eigenvalue weighted by Gasteiger charge is -2.07. The van der Waals surface area contributed by atoms with E-state index in [0.717, 1.165) is 16.5 Å². The summed E-state index contributed by atoms with van der Waals surface area (Å²) in [5.74, 6) is -1.47. The van der Waals surface area contributed by atoms with Gasteiger partial charge in [-0.2, -0.15) is 5.10 Å². The third kappa shape index (κ3) is 3.14. The van der Waals surface area contributed by atoms with E-state index in [-0.39, 0.29) is 12.3 Å². The standard InChI is InChI=1S/C19H16N6O3/c20-13(19(27)28)7-11-10-3-1-2-4-14(10)23-15(11)8-12-17(24-25-18(12)26)16-9-21-5-6-22-16/h1-6,8-9,13,23H,7,20H2,(H,25,26)(H,27,28). The number of carbonyl (C=O) groups excluding carboxylic acids is 1. The number of carboxylic acids is 1. The normalized spacial score (nSPS) is 16.2. The monoisotopic (exact) mass is 376 g/mol. The summed E-state index contributed by atoms with van der Waals surface area (Å²) in [5.41, 5.74) is 11.5. The number of aromatic nitrogens is 3. The number of benzene rings is 1. The zero-order valence-electron chi connectivity index (χ0n) is 14.6. The number of H-pyrrole nitrogens is 1. The molecule has 1 unspecified atom stereocenters. The molecule has 3 heterocycles. The van der Waals surface area contributed by atoms with Crippen LogP contribution in [0.2, 0.25) is 0 Å². The summed E-state index contributed by atoms with van der Waals surface area (Å²) >= 11 is 0. The van der Waals surface area contributed by atoms with Crippen LogP contribution in [0, 0.1) is 0 Å². The van der Waals surface area contributed by atoms with Gasteiger partial charge in [0.05, 0.1) is 11.8 Å². The van der Waals surface area contributed by atoms with Gasteiger partial charge in [-0.15, -0.1) is 0 Å². The highest BCUT2D eigenvalue weighted by Gasteiger charge is 2.26. The van der Waals surface area contributed by atoms with Crippen molar-refractivity contribution in [3.05, 3.63) is 65.4 Å². The zero-order valence-corrected chi connectivity index (χ0v) is 14.6. The van der Waals surface area contributed by atoms with Gasteiger partial charge in [-0.3, -0.25) is 19.6 Å². The second kappa shape index (κ2) is 7.05. The van der Waals surface area contributed by atoms with Crippen LogP contribution in [0.1, 0.15) is 17.0 Å². The van der Waals surface area contributed by atoms with E-state index in [1.165, 1.54) is 18.6 Å². The fourth-order valence-electron chi connectivity index (χ4n) is 3.10. The summed E-state index contributed by atoms with van der Waals surface area (Å²) in [6.45, 7) is 0. The Morgan fingerprint density at radius 1 is 1.29 bits per heavy atom. The molecule has 1 atom stereocenters. The van der Waals surface area contributed by atoms with Crippen LogP contribution in [-0.2, 0) is 16.0 Å². The number of amides is 1. The van der Waals surface area contributed by atoms with Crippen molar-refractivity contribution in [2.45, 2.75) is 12.5 Å². The van der Waals surface area contributed by atoms with E-state index < -0.39 is 12.0 Å².